The maximum Gasteiger partial charge on any atom is 0.0972 e. The van der Waals surface area contributed by atoms with Gasteiger partial charge in [-0.05, 0) is 87.3 Å². The summed E-state index contributed by atoms with van der Waals surface area (Å²) in [6.07, 6.45) is 1.83. The molecular weight excluding hydrogens is 595 g/mol. The SMILES string of the molecule is c1ccc(-c2nc(-c3ccc(N(c4ccccc4)c4ccc(-c5ccc6c(ccc7ccccc76)c5)cc4)cc3)cc3cccnc23)cc1. The van der Waals surface area contributed by atoms with Crippen molar-refractivity contribution in [1.29, 1.82) is 0 Å². The molecule has 0 spiro atoms. The minimum atomic E-state index is 0.892. The van der Waals surface area contributed by atoms with Gasteiger partial charge in [-0.2, -0.15) is 0 Å². The highest BCUT2D eigenvalue weighted by atomic mass is 15.1. The Bertz CT molecular complexity index is 2580. The van der Waals surface area contributed by atoms with Crippen LogP contribution in [0.15, 0.2) is 188 Å². The number of hydrogen-bond donors (Lipinski definition) is 0. The zero-order valence-corrected chi connectivity index (χ0v) is 26.7. The van der Waals surface area contributed by atoms with Crippen LogP contribution in [-0.4, -0.2) is 9.97 Å². The maximum atomic E-state index is 5.13. The molecule has 0 radical (unpaired) electrons. The summed E-state index contributed by atoms with van der Waals surface area (Å²) in [6.45, 7) is 0. The molecule has 2 heterocycles. The molecule has 9 rings (SSSR count). The van der Waals surface area contributed by atoms with Crippen LogP contribution in [0, 0.1) is 0 Å². The van der Waals surface area contributed by atoms with Crippen LogP contribution in [0.5, 0.6) is 0 Å². The summed E-state index contributed by atoms with van der Waals surface area (Å²) in [5.41, 5.74) is 10.5. The van der Waals surface area contributed by atoms with Gasteiger partial charge in [-0.3, -0.25) is 4.98 Å². The number of benzene rings is 7. The van der Waals surface area contributed by atoms with Gasteiger partial charge in [0.1, 0.15) is 0 Å². The normalized spacial score (nSPS) is 11.3. The molecule has 3 heteroatoms. The van der Waals surface area contributed by atoms with E-state index in [1.165, 1.54) is 32.7 Å². The highest BCUT2D eigenvalue weighted by molar-refractivity contribution is 6.08. The van der Waals surface area contributed by atoms with Crippen LogP contribution in [-0.2, 0) is 0 Å². The number of anilines is 3. The van der Waals surface area contributed by atoms with Crippen molar-refractivity contribution in [1.82, 2.24) is 9.97 Å². The van der Waals surface area contributed by atoms with Crippen LogP contribution in [0.4, 0.5) is 17.1 Å². The Balaban J connectivity index is 1.07. The minimum absolute atomic E-state index is 0.892. The van der Waals surface area contributed by atoms with Crippen molar-refractivity contribution in [3.05, 3.63) is 188 Å². The van der Waals surface area contributed by atoms with Crippen molar-refractivity contribution in [3.63, 3.8) is 0 Å². The third-order valence-corrected chi connectivity index (χ3v) is 9.27. The number of rotatable bonds is 6. The van der Waals surface area contributed by atoms with Crippen molar-refractivity contribution in [3.8, 4) is 33.6 Å². The Hall–Kier alpha value is -6.58. The minimum Gasteiger partial charge on any atom is -0.311 e. The fourth-order valence-corrected chi connectivity index (χ4v) is 6.83. The van der Waals surface area contributed by atoms with Crippen molar-refractivity contribution < 1.29 is 0 Å². The molecule has 0 atom stereocenters. The zero-order valence-electron chi connectivity index (χ0n) is 26.7. The molecule has 0 unspecified atom stereocenters. The molecular formula is C46H31N3. The molecule has 0 saturated carbocycles. The van der Waals surface area contributed by atoms with Gasteiger partial charge < -0.3 is 4.90 Å². The first-order chi connectivity index (χ1) is 24.3. The molecule has 0 bridgehead atoms. The monoisotopic (exact) mass is 625 g/mol. The van der Waals surface area contributed by atoms with Crippen LogP contribution < -0.4 is 4.90 Å². The summed E-state index contributed by atoms with van der Waals surface area (Å²) < 4.78 is 0. The molecule has 2 aromatic heterocycles. The molecule has 0 fully saturated rings. The molecule has 9 aromatic rings. The number of hydrogen-bond acceptors (Lipinski definition) is 3. The van der Waals surface area contributed by atoms with E-state index in [0.29, 0.717) is 0 Å². The van der Waals surface area contributed by atoms with E-state index in [-0.39, 0.29) is 0 Å². The van der Waals surface area contributed by atoms with Gasteiger partial charge >= 0.3 is 0 Å². The molecule has 49 heavy (non-hydrogen) atoms. The Morgan fingerprint density at radius 1 is 0.367 bits per heavy atom. The molecule has 0 aliphatic carbocycles. The highest BCUT2D eigenvalue weighted by Crippen LogP contribution is 2.38. The van der Waals surface area contributed by atoms with E-state index in [0.717, 1.165) is 50.5 Å². The molecule has 7 aromatic carbocycles. The second-order valence-electron chi connectivity index (χ2n) is 12.3. The smallest absolute Gasteiger partial charge is 0.0972 e. The molecule has 0 N–H and O–H groups in total. The lowest BCUT2D eigenvalue weighted by Gasteiger charge is -2.26. The highest BCUT2D eigenvalue weighted by Gasteiger charge is 2.15. The predicted octanol–water partition coefficient (Wildman–Crippen LogP) is 12.4. The molecule has 0 saturated heterocycles. The fraction of sp³-hybridized carbons (Fsp3) is 0. The topological polar surface area (TPSA) is 29.0 Å². The summed E-state index contributed by atoms with van der Waals surface area (Å²) in [5, 5.41) is 6.16. The van der Waals surface area contributed by atoms with Crippen LogP contribution in [0.3, 0.4) is 0 Å². The number of aromatic nitrogens is 2. The predicted molar refractivity (Wildman–Crippen MR) is 206 cm³/mol. The average molecular weight is 626 g/mol. The van der Waals surface area contributed by atoms with E-state index in [1.807, 2.05) is 30.5 Å². The summed E-state index contributed by atoms with van der Waals surface area (Å²) in [7, 11) is 0. The van der Waals surface area contributed by atoms with Crippen molar-refractivity contribution in [2.45, 2.75) is 0 Å². The lowest BCUT2D eigenvalue weighted by Crippen LogP contribution is -2.09. The second kappa shape index (κ2) is 12.2. The van der Waals surface area contributed by atoms with Crippen molar-refractivity contribution in [2.75, 3.05) is 4.90 Å². The summed E-state index contributed by atoms with van der Waals surface area (Å²) in [6, 6.07) is 64.4. The van der Waals surface area contributed by atoms with E-state index < -0.39 is 0 Å². The number of fused-ring (bicyclic) bond motifs is 4. The first kappa shape index (κ1) is 28.6. The van der Waals surface area contributed by atoms with E-state index in [9.17, 15) is 0 Å². The van der Waals surface area contributed by atoms with Gasteiger partial charge in [0.05, 0.1) is 16.9 Å². The van der Waals surface area contributed by atoms with Gasteiger partial charge in [0.25, 0.3) is 0 Å². The third-order valence-electron chi connectivity index (χ3n) is 9.27. The van der Waals surface area contributed by atoms with Crippen LogP contribution >= 0.6 is 0 Å². The quantitative estimate of drug-likeness (QED) is 0.172. The van der Waals surface area contributed by atoms with E-state index in [1.54, 1.807) is 0 Å². The lowest BCUT2D eigenvalue weighted by atomic mass is 9.97. The van der Waals surface area contributed by atoms with Crippen molar-refractivity contribution >= 4 is 49.5 Å². The van der Waals surface area contributed by atoms with E-state index in [4.69, 9.17) is 4.98 Å². The molecule has 0 amide bonds. The molecule has 0 aliphatic rings. The lowest BCUT2D eigenvalue weighted by molar-refractivity contribution is 1.28. The Labute approximate surface area is 285 Å². The summed E-state index contributed by atoms with van der Waals surface area (Å²) >= 11 is 0. The van der Waals surface area contributed by atoms with Gasteiger partial charge in [0.15, 0.2) is 0 Å². The summed E-state index contributed by atoms with van der Waals surface area (Å²) in [5.74, 6) is 0. The average Bonchev–Trinajstić information content (AvgIpc) is 3.18. The molecule has 230 valence electrons. The van der Waals surface area contributed by atoms with Crippen LogP contribution in [0.1, 0.15) is 0 Å². The van der Waals surface area contributed by atoms with Crippen LogP contribution in [0.2, 0.25) is 0 Å². The number of pyridine rings is 2. The fourth-order valence-electron chi connectivity index (χ4n) is 6.83. The van der Waals surface area contributed by atoms with E-state index >= 15 is 0 Å². The second-order valence-corrected chi connectivity index (χ2v) is 12.3. The Kier molecular flexibility index (Phi) is 7.14. The maximum absolute atomic E-state index is 5.13. The van der Waals surface area contributed by atoms with Gasteiger partial charge in [0, 0.05) is 39.8 Å². The zero-order chi connectivity index (χ0) is 32.6. The largest absolute Gasteiger partial charge is 0.311 e. The van der Waals surface area contributed by atoms with Crippen LogP contribution in [0.25, 0.3) is 66.1 Å². The first-order valence-electron chi connectivity index (χ1n) is 16.6. The number of para-hydroxylation sites is 1. The number of nitrogens with zero attached hydrogens (tertiary/aromatic N) is 3. The standard InChI is InChI=1S/C46H31N3/c1-3-11-35(12-4-1)46-45-38(13-9-29-47-45)31-44(48-46)34-21-26-41(27-22-34)49(39-14-5-2-6-15-39)40-24-19-32(20-25-40)36-23-28-43-37(30-36)18-17-33-10-7-8-16-42(33)43/h1-31H. The third kappa shape index (κ3) is 5.38. The van der Waals surface area contributed by atoms with Gasteiger partial charge in [0.2, 0.25) is 0 Å². The van der Waals surface area contributed by atoms with Gasteiger partial charge in [-0.25, -0.2) is 4.98 Å². The van der Waals surface area contributed by atoms with Crippen molar-refractivity contribution in [2.24, 2.45) is 0 Å². The Morgan fingerprint density at radius 2 is 0.959 bits per heavy atom. The van der Waals surface area contributed by atoms with Gasteiger partial charge in [-0.15, -0.1) is 0 Å². The van der Waals surface area contributed by atoms with E-state index in [2.05, 4.69) is 168 Å². The molecule has 0 aliphatic heterocycles. The summed E-state index contributed by atoms with van der Waals surface area (Å²) in [4.78, 5) is 12.1. The first-order valence-corrected chi connectivity index (χ1v) is 16.6. The Morgan fingerprint density at radius 3 is 1.73 bits per heavy atom. The van der Waals surface area contributed by atoms with Gasteiger partial charge in [-0.1, -0.05) is 127 Å². The molecule has 3 nitrogen and oxygen atoms in total.